The SMILES string of the molecule is C[N+](C)(C)CCO.[K+]. The molecular weight excluding hydrogens is 129 g/mol. The molecule has 2 nitrogen and oxygen atoms in total. The van der Waals surface area contributed by atoms with Crippen molar-refractivity contribution in [3.8, 4) is 0 Å². The number of aliphatic hydroxyl groups is 1. The Morgan fingerprint density at radius 2 is 1.62 bits per heavy atom. The minimum Gasteiger partial charge on any atom is -0.391 e. The topological polar surface area (TPSA) is 20.2 Å². The average Bonchev–Trinajstić information content (AvgIpc) is 1.30. The molecule has 0 radical (unpaired) electrons. The Labute approximate surface area is 93.9 Å². The maximum atomic E-state index is 8.39. The Hall–Kier alpha value is 1.56. The third-order valence-corrected chi connectivity index (χ3v) is 0.771. The maximum Gasteiger partial charge on any atom is 1.00 e. The van der Waals surface area contributed by atoms with Crippen molar-refractivity contribution in [3.63, 3.8) is 0 Å². The van der Waals surface area contributed by atoms with Gasteiger partial charge in [0, 0.05) is 0 Å². The second-order valence-electron chi connectivity index (χ2n) is 2.74. The van der Waals surface area contributed by atoms with E-state index >= 15 is 0 Å². The van der Waals surface area contributed by atoms with Gasteiger partial charge in [0.1, 0.15) is 6.54 Å². The molecule has 0 unspecified atom stereocenters. The van der Waals surface area contributed by atoms with Gasteiger partial charge in [-0.05, 0) is 0 Å². The van der Waals surface area contributed by atoms with Crippen molar-refractivity contribution in [2.45, 2.75) is 0 Å². The van der Waals surface area contributed by atoms with Gasteiger partial charge in [0.25, 0.3) is 0 Å². The second-order valence-corrected chi connectivity index (χ2v) is 2.74. The van der Waals surface area contributed by atoms with Gasteiger partial charge in [0.2, 0.25) is 0 Å². The molecule has 3 heteroatoms. The molecule has 44 valence electrons. The standard InChI is InChI=1S/C5H14NO.K/c1-6(2,3)4-5-7;/h7H,4-5H2,1-3H3;/q2*+1. The van der Waals surface area contributed by atoms with Gasteiger partial charge in [-0.1, -0.05) is 0 Å². The summed E-state index contributed by atoms with van der Waals surface area (Å²) in [4.78, 5) is 0. The normalized spacial score (nSPS) is 10.5. The van der Waals surface area contributed by atoms with Crippen LogP contribution in [-0.4, -0.2) is 43.9 Å². The van der Waals surface area contributed by atoms with Crippen molar-refractivity contribution in [3.05, 3.63) is 0 Å². The van der Waals surface area contributed by atoms with Crippen LogP contribution in [0.3, 0.4) is 0 Å². The minimum absolute atomic E-state index is 0. The summed E-state index contributed by atoms with van der Waals surface area (Å²) >= 11 is 0. The van der Waals surface area contributed by atoms with E-state index in [0.29, 0.717) is 0 Å². The van der Waals surface area contributed by atoms with Gasteiger partial charge in [-0.2, -0.15) is 0 Å². The van der Waals surface area contributed by atoms with E-state index in [0.717, 1.165) is 11.0 Å². The first-order valence-electron chi connectivity index (χ1n) is 2.47. The first kappa shape index (κ1) is 12.3. The van der Waals surface area contributed by atoms with Crippen molar-refractivity contribution in [2.75, 3.05) is 34.3 Å². The summed E-state index contributed by atoms with van der Waals surface area (Å²) in [6.45, 7) is 1.11. The maximum absolute atomic E-state index is 8.39. The first-order valence-corrected chi connectivity index (χ1v) is 2.47. The fraction of sp³-hybridized carbons (Fsp3) is 1.00. The molecule has 0 rings (SSSR count). The minimum atomic E-state index is 0. The Kier molecular flexibility index (Phi) is 8.19. The van der Waals surface area contributed by atoms with Crippen molar-refractivity contribution < 1.29 is 61.0 Å². The van der Waals surface area contributed by atoms with E-state index in [1.807, 2.05) is 0 Å². The molecule has 0 aromatic heterocycles. The van der Waals surface area contributed by atoms with Gasteiger partial charge in [0.05, 0.1) is 27.7 Å². The average molecular weight is 143 g/mol. The van der Waals surface area contributed by atoms with Gasteiger partial charge in [-0.25, -0.2) is 0 Å². The van der Waals surface area contributed by atoms with Crippen LogP contribution in [0.1, 0.15) is 0 Å². The van der Waals surface area contributed by atoms with Gasteiger partial charge >= 0.3 is 51.4 Å². The van der Waals surface area contributed by atoms with E-state index in [4.69, 9.17) is 5.11 Å². The summed E-state index contributed by atoms with van der Waals surface area (Å²) in [5.41, 5.74) is 0. The monoisotopic (exact) mass is 143 g/mol. The molecule has 0 aromatic carbocycles. The summed E-state index contributed by atoms with van der Waals surface area (Å²) in [6.07, 6.45) is 0. The van der Waals surface area contributed by atoms with Crippen LogP contribution in [0.4, 0.5) is 0 Å². The molecular formula is C5H14KNO+2. The molecule has 0 aliphatic heterocycles. The number of nitrogens with zero attached hydrogens (tertiary/aromatic N) is 1. The molecule has 0 atom stereocenters. The molecule has 1 N–H and O–H groups in total. The number of likely N-dealkylation sites (N-methyl/N-ethyl adjacent to an activating group) is 1. The van der Waals surface area contributed by atoms with E-state index in [-0.39, 0.29) is 58.0 Å². The predicted octanol–water partition coefficient (Wildman–Crippen LogP) is -3.31. The predicted molar refractivity (Wildman–Crippen MR) is 30.0 cm³/mol. The van der Waals surface area contributed by atoms with Crippen molar-refractivity contribution in [1.82, 2.24) is 0 Å². The number of hydrogen-bond acceptors (Lipinski definition) is 1. The van der Waals surface area contributed by atoms with Gasteiger partial charge in [0.15, 0.2) is 0 Å². The van der Waals surface area contributed by atoms with E-state index < -0.39 is 0 Å². The zero-order chi connectivity index (χ0) is 5.91. The Morgan fingerprint density at radius 3 is 1.62 bits per heavy atom. The summed E-state index contributed by atoms with van der Waals surface area (Å²) in [7, 11) is 6.16. The van der Waals surface area contributed by atoms with Gasteiger partial charge in [-0.15, -0.1) is 0 Å². The zero-order valence-electron chi connectivity index (χ0n) is 6.31. The molecule has 0 heterocycles. The molecule has 0 aromatic rings. The molecule has 0 saturated carbocycles. The third-order valence-electron chi connectivity index (χ3n) is 0.771. The van der Waals surface area contributed by atoms with E-state index in [9.17, 15) is 0 Å². The summed E-state index contributed by atoms with van der Waals surface area (Å²) in [5, 5.41) is 8.39. The molecule has 8 heavy (non-hydrogen) atoms. The van der Waals surface area contributed by atoms with Gasteiger partial charge in [-0.3, -0.25) is 0 Å². The fourth-order valence-electron chi connectivity index (χ4n) is 0.300. The van der Waals surface area contributed by atoms with Gasteiger partial charge < -0.3 is 9.59 Å². The largest absolute Gasteiger partial charge is 1.00 e. The van der Waals surface area contributed by atoms with Crippen LogP contribution in [-0.2, 0) is 0 Å². The van der Waals surface area contributed by atoms with Crippen molar-refractivity contribution in [1.29, 1.82) is 0 Å². The molecule has 0 spiro atoms. The van der Waals surface area contributed by atoms with Crippen molar-refractivity contribution in [2.24, 2.45) is 0 Å². The number of rotatable bonds is 2. The van der Waals surface area contributed by atoms with E-state index in [1.165, 1.54) is 0 Å². The zero-order valence-corrected chi connectivity index (χ0v) is 9.43. The van der Waals surface area contributed by atoms with Crippen LogP contribution in [0.15, 0.2) is 0 Å². The smallest absolute Gasteiger partial charge is 0.391 e. The fourth-order valence-corrected chi connectivity index (χ4v) is 0.300. The summed E-state index contributed by atoms with van der Waals surface area (Å²) in [5.74, 6) is 0. The number of hydrogen-bond donors (Lipinski definition) is 1. The first-order chi connectivity index (χ1) is 3.06. The molecule has 0 aliphatic rings. The third kappa shape index (κ3) is 10.5. The molecule has 0 bridgehead atoms. The molecule has 0 fully saturated rings. The Bertz CT molecular complexity index is 50.9. The van der Waals surface area contributed by atoms with Crippen LogP contribution < -0.4 is 51.4 Å². The van der Waals surface area contributed by atoms with Crippen LogP contribution in [0.25, 0.3) is 0 Å². The Balaban J connectivity index is 0. The van der Waals surface area contributed by atoms with Crippen molar-refractivity contribution >= 4 is 0 Å². The quantitative estimate of drug-likeness (QED) is 0.317. The molecule has 0 aliphatic carbocycles. The van der Waals surface area contributed by atoms with Crippen LogP contribution in [0.2, 0.25) is 0 Å². The number of aliphatic hydroxyl groups excluding tert-OH is 1. The summed E-state index contributed by atoms with van der Waals surface area (Å²) in [6, 6.07) is 0. The van der Waals surface area contributed by atoms with Crippen LogP contribution in [0, 0.1) is 0 Å². The molecule has 0 amide bonds. The van der Waals surface area contributed by atoms with E-state index in [1.54, 1.807) is 0 Å². The van der Waals surface area contributed by atoms with E-state index in [2.05, 4.69) is 21.1 Å². The summed E-state index contributed by atoms with van der Waals surface area (Å²) < 4.78 is 0.844. The Morgan fingerprint density at radius 1 is 1.25 bits per heavy atom. The second kappa shape index (κ2) is 5.35. The van der Waals surface area contributed by atoms with Crippen LogP contribution >= 0.6 is 0 Å². The number of quaternary nitrogens is 1. The molecule has 0 saturated heterocycles. The van der Waals surface area contributed by atoms with Crippen LogP contribution in [0.5, 0.6) is 0 Å².